The van der Waals surface area contributed by atoms with E-state index >= 15 is 0 Å². The Labute approximate surface area is 121 Å². The number of carboxylic acids is 1. The molecule has 2 amide bonds. The summed E-state index contributed by atoms with van der Waals surface area (Å²) in [6.45, 7) is -0.111. The highest BCUT2D eigenvalue weighted by molar-refractivity contribution is 6.00. The highest BCUT2D eigenvalue weighted by Gasteiger charge is 2.26. The van der Waals surface area contributed by atoms with Gasteiger partial charge in [0.15, 0.2) is 0 Å². The first-order chi connectivity index (χ1) is 9.97. The maximum Gasteiger partial charge on any atom is 0.323 e. The van der Waals surface area contributed by atoms with Crippen molar-refractivity contribution < 1.29 is 24.6 Å². The summed E-state index contributed by atoms with van der Waals surface area (Å²) in [7, 11) is 0. The van der Waals surface area contributed by atoms with Crippen molar-refractivity contribution in [3.8, 4) is 5.75 Å². The smallest absolute Gasteiger partial charge is 0.323 e. The van der Waals surface area contributed by atoms with E-state index in [9.17, 15) is 19.5 Å². The number of hydrogen-bond donors (Lipinski definition) is 2. The second kappa shape index (κ2) is 6.25. The normalized spacial score (nSPS) is 14.3. The van der Waals surface area contributed by atoms with Crippen LogP contribution in [0.1, 0.15) is 12.8 Å². The molecule has 0 radical (unpaired) electrons. The predicted octanol–water partition coefficient (Wildman–Crippen LogP) is 0.432. The number of amides is 2. The molecule has 112 valence electrons. The minimum atomic E-state index is -1.15. The summed E-state index contributed by atoms with van der Waals surface area (Å²) in [6, 6.07) is 5.67. The van der Waals surface area contributed by atoms with E-state index in [4.69, 9.17) is 5.11 Å². The minimum absolute atomic E-state index is 0.0243. The molecule has 1 aliphatic heterocycles. The van der Waals surface area contributed by atoms with E-state index in [1.165, 1.54) is 29.2 Å². The van der Waals surface area contributed by atoms with Gasteiger partial charge in [-0.05, 0) is 30.7 Å². The average Bonchev–Trinajstić information content (AvgIpc) is 2.82. The Hall–Kier alpha value is -2.57. The van der Waals surface area contributed by atoms with Crippen LogP contribution < -0.4 is 4.90 Å². The summed E-state index contributed by atoms with van der Waals surface area (Å²) < 4.78 is 0. The Morgan fingerprint density at radius 3 is 2.43 bits per heavy atom. The van der Waals surface area contributed by atoms with Crippen LogP contribution in [0.25, 0.3) is 0 Å². The van der Waals surface area contributed by atoms with Gasteiger partial charge in [-0.1, -0.05) is 0 Å². The fourth-order valence-electron chi connectivity index (χ4n) is 2.21. The highest BCUT2D eigenvalue weighted by atomic mass is 16.4. The molecule has 1 fully saturated rings. The molecular weight excluding hydrogens is 276 g/mol. The van der Waals surface area contributed by atoms with Crippen LogP contribution in [0.15, 0.2) is 24.3 Å². The molecule has 1 heterocycles. The van der Waals surface area contributed by atoms with Crippen molar-refractivity contribution in [2.75, 3.05) is 24.5 Å². The predicted molar refractivity (Wildman–Crippen MR) is 73.9 cm³/mol. The van der Waals surface area contributed by atoms with Gasteiger partial charge in [0.05, 0.1) is 0 Å². The van der Waals surface area contributed by atoms with E-state index in [1.807, 2.05) is 0 Å². The molecule has 2 N–H and O–H groups in total. The van der Waals surface area contributed by atoms with Gasteiger partial charge >= 0.3 is 5.97 Å². The van der Waals surface area contributed by atoms with Crippen molar-refractivity contribution in [3.05, 3.63) is 24.3 Å². The van der Waals surface area contributed by atoms with Crippen molar-refractivity contribution in [2.45, 2.75) is 12.8 Å². The number of nitrogens with zero attached hydrogens (tertiary/aromatic N) is 2. The molecule has 2 rings (SSSR count). The van der Waals surface area contributed by atoms with Gasteiger partial charge < -0.3 is 15.1 Å². The minimum Gasteiger partial charge on any atom is -0.508 e. The maximum absolute atomic E-state index is 12.3. The molecule has 7 nitrogen and oxygen atoms in total. The van der Waals surface area contributed by atoms with Crippen LogP contribution in [-0.2, 0) is 14.4 Å². The van der Waals surface area contributed by atoms with E-state index < -0.39 is 18.4 Å². The molecule has 7 heteroatoms. The molecule has 0 bridgehead atoms. The van der Waals surface area contributed by atoms with E-state index in [2.05, 4.69) is 0 Å². The summed E-state index contributed by atoms with van der Waals surface area (Å²) in [4.78, 5) is 37.3. The van der Waals surface area contributed by atoms with E-state index in [1.54, 1.807) is 0 Å². The molecule has 1 aromatic rings. The SMILES string of the molecule is O=C(O)CN(C(=O)CN1CCCC1=O)c1ccc(O)cc1. The number of aliphatic carboxylic acids is 1. The van der Waals surface area contributed by atoms with Gasteiger partial charge in [-0.25, -0.2) is 0 Å². The molecule has 0 unspecified atom stereocenters. The Bertz CT molecular complexity index is 555. The molecule has 0 aromatic heterocycles. The fraction of sp³-hybridized carbons (Fsp3) is 0.357. The molecule has 1 saturated heterocycles. The molecular formula is C14H16N2O5. The number of carbonyl (C=O) groups is 3. The van der Waals surface area contributed by atoms with Gasteiger partial charge in [0, 0.05) is 18.7 Å². The number of likely N-dealkylation sites (tertiary alicyclic amines) is 1. The van der Waals surface area contributed by atoms with Gasteiger partial charge in [0.1, 0.15) is 18.8 Å². The standard InChI is InChI=1S/C14H16N2O5/c17-11-5-3-10(4-6-11)16(9-14(20)21)13(19)8-15-7-1-2-12(15)18/h3-6,17H,1-2,7-9H2,(H,20,21). The van der Waals surface area contributed by atoms with Crippen LogP contribution in [0.2, 0.25) is 0 Å². The first kappa shape index (κ1) is 14.8. The lowest BCUT2D eigenvalue weighted by Gasteiger charge is -2.24. The first-order valence-corrected chi connectivity index (χ1v) is 6.56. The highest BCUT2D eigenvalue weighted by Crippen LogP contribution is 2.19. The summed E-state index contributed by atoms with van der Waals surface area (Å²) in [6.07, 6.45) is 1.13. The van der Waals surface area contributed by atoms with Crippen LogP contribution in [0, 0.1) is 0 Å². The molecule has 0 spiro atoms. The zero-order valence-electron chi connectivity index (χ0n) is 11.4. The number of rotatable bonds is 5. The third kappa shape index (κ3) is 3.71. The van der Waals surface area contributed by atoms with Crippen LogP contribution >= 0.6 is 0 Å². The fourth-order valence-corrected chi connectivity index (χ4v) is 2.21. The topological polar surface area (TPSA) is 98.2 Å². The second-order valence-electron chi connectivity index (χ2n) is 4.81. The first-order valence-electron chi connectivity index (χ1n) is 6.56. The lowest BCUT2D eigenvalue weighted by atomic mass is 10.2. The Morgan fingerprint density at radius 2 is 1.90 bits per heavy atom. The van der Waals surface area contributed by atoms with E-state index in [0.717, 1.165) is 4.90 Å². The van der Waals surface area contributed by atoms with Gasteiger partial charge in [-0.2, -0.15) is 0 Å². The van der Waals surface area contributed by atoms with Gasteiger partial charge in [-0.3, -0.25) is 19.3 Å². The molecule has 0 saturated carbocycles. The second-order valence-corrected chi connectivity index (χ2v) is 4.81. The monoisotopic (exact) mass is 292 g/mol. The van der Waals surface area contributed by atoms with Crippen molar-refractivity contribution >= 4 is 23.5 Å². The van der Waals surface area contributed by atoms with Crippen molar-refractivity contribution in [2.24, 2.45) is 0 Å². The third-order valence-corrected chi connectivity index (χ3v) is 3.25. The quantitative estimate of drug-likeness (QED) is 0.820. The zero-order chi connectivity index (χ0) is 15.4. The third-order valence-electron chi connectivity index (χ3n) is 3.25. The number of anilines is 1. The molecule has 1 aromatic carbocycles. The van der Waals surface area contributed by atoms with Crippen LogP contribution in [0.4, 0.5) is 5.69 Å². The van der Waals surface area contributed by atoms with Crippen molar-refractivity contribution in [3.63, 3.8) is 0 Å². The van der Waals surface area contributed by atoms with Crippen LogP contribution in [-0.4, -0.2) is 52.5 Å². The summed E-state index contributed by atoms with van der Waals surface area (Å²) in [5.74, 6) is -1.68. The van der Waals surface area contributed by atoms with Crippen molar-refractivity contribution in [1.29, 1.82) is 0 Å². The lowest BCUT2D eigenvalue weighted by molar-refractivity contribution is -0.137. The molecule has 1 aliphatic rings. The van der Waals surface area contributed by atoms with Gasteiger partial charge in [-0.15, -0.1) is 0 Å². The Kier molecular flexibility index (Phi) is 4.42. The molecule has 0 atom stereocenters. The maximum atomic E-state index is 12.3. The lowest BCUT2D eigenvalue weighted by Crippen LogP contribution is -2.43. The Balaban J connectivity index is 2.14. The zero-order valence-corrected chi connectivity index (χ0v) is 11.4. The van der Waals surface area contributed by atoms with E-state index in [0.29, 0.717) is 25.1 Å². The summed E-state index contributed by atoms with van der Waals surface area (Å²) >= 11 is 0. The van der Waals surface area contributed by atoms with Gasteiger partial charge in [0.2, 0.25) is 11.8 Å². The average molecular weight is 292 g/mol. The molecule has 0 aliphatic carbocycles. The Morgan fingerprint density at radius 1 is 1.24 bits per heavy atom. The van der Waals surface area contributed by atoms with Crippen LogP contribution in [0.3, 0.4) is 0 Å². The number of phenolic OH excluding ortho intramolecular Hbond substituents is 1. The number of phenols is 1. The van der Waals surface area contributed by atoms with Gasteiger partial charge in [0.25, 0.3) is 0 Å². The number of aromatic hydroxyl groups is 1. The molecule has 21 heavy (non-hydrogen) atoms. The number of carbonyl (C=O) groups excluding carboxylic acids is 2. The van der Waals surface area contributed by atoms with E-state index in [-0.39, 0.29) is 18.2 Å². The number of carboxylic acid groups (broad SMARTS) is 1. The number of hydrogen-bond acceptors (Lipinski definition) is 4. The van der Waals surface area contributed by atoms with Crippen molar-refractivity contribution in [1.82, 2.24) is 4.90 Å². The number of benzene rings is 1. The largest absolute Gasteiger partial charge is 0.508 e. The van der Waals surface area contributed by atoms with Crippen LogP contribution in [0.5, 0.6) is 5.75 Å². The summed E-state index contributed by atoms with van der Waals surface area (Å²) in [5, 5.41) is 18.2. The summed E-state index contributed by atoms with van der Waals surface area (Å²) in [5.41, 5.74) is 0.367.